The number of benzene rings is 3. The van der Waals surface area contributed by atoms with Crippen molar-refractivity contribution >= 4 is 18.0 Å². The second-order valence-electron chi connectivity index (χ2n) is 6.71. The van der Waals surface area contributed by atoms with Crippen molar-refractivity contribution in [2.75, 3.05) is 0 Å². The van der Waals surface area contributed by atoms with Crippen LogP contribution in [-0.2, 0) is 22.7 Å². The average molecular weight is 401 g/mol. The smallest absolute Gasteiger partial charge is 0.329 e. The Hall–Kier alpha value is -3.93. The van der Waals surface area contributed by atoms with E-state index in [1.54, 1.807) is 0 Å². The molecule has 0 aliphatic heterocycles. The highest BCUT2D eigenvalue weighted by molar-refractivity contribution is 6.35. The molecule has 3 aromatic rings. The number of hydrogen-bond acceptors (Lipinski definition) is 4. The van der Waals surface area contributed by atoms with Crippen LogP contribution in [0.4, 0.5) is 0 Å². The van der Waals surface area contributed by atoms with Crippen LogP contribution in [0.5, 0.6) is 5.75 Å². The second-order valence-corrected chi connectivity index (χ2v) is 6.71. The largest absolute Gasteiger partial charge is 0.489 e. The summed E-state index contributed by atoms with van der Waals surface area (Å²) in [7, 11) is 0. The van der Waals surface area contributed by atoms with Gasteiger partial charge in [0.2, 0.25) is 0 Å². The molecule has 0 unspecified atom stereocenters. The van der Waals surface area contributed by atoms with Crippen molar-refractivity contribution in [2.45, 2.75) is 20.1 Å². The molecule has 3 rings (SSSR count). The van der Waals surface area contributed by atoms with Crippen molar-refractivity contribution in [3.63, 3.8) is 0 Å². The molecule has 0 spiro atoms. The molecule has 0 heterocycles. The number of hydrogen-bond donors (Lipinski definition) is 2. The molecule has 6 heteroatoms. The molecule has 0 fully saturated rings. The summed E-state index contributed by atoms with van der Waals surface area (Å²) in [5, 5.41) is 6.37. The Kier molecular flexibility index (Phi) is 7.33. The summed E-state index contributed by atoms with van der Waals surface area (Å²) in [4.78, 5) is 23.6. The molecule has 0 bridgehead atoms. The van der Waals surface area contributed by atoms with Crippen LogP contribution < -0.4 is 15.5 Å². The lowest BCUT2D eigenvalue weighted by Gasteiger charge is -2.07. The molecule has 30 heavy (non-hydrogen) atoms. The van der Waals surface area contributed by atoms with E-state index in [4.69, 9.17) is 4.74 Å². The van der Waals surface area contributed by atoms with Crippen molar-refractivity contribution in [2.24, 2.45) is 5.10 Å². The molecule has 0 atom stereocenters. The van der Waals surface area contributed by atoms with E-state index in [1.807, 2.05) is 73.7 Å². The highest BCUT2D eigenvalue weighted by Gasteiger charge is 2.11. The Bertz CT molecular complexity index is 998. The van der Waals surface area contributed by atoms with E-state index in [-0.39, 0.29) is 6.54 Å². The summed E-state index contributed by atoms with van der Waals surface area (Å²) in [6.07, 6.45) is 1.46. The molecule has 6 nitrogen and oxygen atoms in total. The SMILES string of the molecule is Cc1ccc(COc2ccc(/C=N/NC(=O)C(=O)NCc3ccccc3)cc2)cc1. The predicted octanol–water partition coefficient (Wildman–Crippen LogP) is 3.34. The van der Waals surface area contributed by atoms with Gasteiger partial charge in [-0.3, -0.25) is 9.59 Å². The number of hydrazone groups is 1. The number of carbonyl (C=O) groups is 2. The fourth-order valence-corrected chi connectivity index (χ4v) is 2.58. The van der Waals surface area contributed by atoms with Gasteiger partial charge in [0.15, 0.2) is 0 Å². The molecule has 0 radical (unpaired) electrons. The minimum absolute atomic E-state index is 0.279. The summed E-state index contributed by atoms with van der Waals surface area (Å²) in [5.74, 6) is -0.826. The zero-order chi connectivity index (χ0) is 21.2. The van der Waals surface area contributed by atoms with Gasteiger partial charge in [0.25, 0.3) is 0 Å². The standard InChI is InChI=1S/C24H23N3O3/c1-18-7-9-21(10-8-18)17-30-22-13-11-20(12-14-22)16-26-27-24(29)23(28)25-15-19-5-3-2-4-6-19/h2-14,16H,15,17H2,1H3,(H,25,28)(H,27,29)/b26-16+. The van der Waals surface area contributed by atoms with Gasteiger partial charge in [-0.1, -0.05) is 60.2 Å². The molecular formula is C24H23N3O3. The predicted molar refractivity (Wildman–Crippen MR) is 116 cm³/mol. The number of rotatable bonds is 7. The van der Waals surface area contributed by atoms with Gasteiger partial charge >= 0.3 is 11.8 Å². The fourth-order valence-electron chi connectivity index (χ4n) is 2.58. The number of amides is 2. The summed E-state index contributed by atoms with van der Waals surface area (Å²) in [6, 6.07) is 24.8. The van der Waals surface area contributed by atoms with Crippen molar-refractivity contribution in [3.05, 3.63) is 101 Å². The molecule has 0 aromatic heterocycles. The Morgan fingerprint density at radius 2 is 1.57 bits per heavy atom. The third-order valence-electron chi connectivity index (χ3n) is 4.29. The van der Waals surface area contributed by atoms with E-state index in [1.165, 1.54) is 11.8 Å². The lowest BCUT2D eigenvalue weighted by molar-refractivity contribution is -0.139. The van der Waals surface area contributed by atoms with Crippen LogP contribution in [0, 0.1) is 6.92 Å². The second kappa shape index (κ2) is 10.6. The molecule has 2 N–H and O–H groups in total. The van der Waals surface area contributed by atoms with Crippen LogP contribution in [0.15, 0.2) is 84.0 Å². The van der Waals surface area contributed by atoms with Crippen LogP contribution in [-0.4, -0.2) is 18.0 Å². The van der Waals surface area contributed by atoms with Crippen LogP contribution in [0.1, 0.15) is 22.3 Å². The van der Waals surface area contributed by atoms with E-state index < -0.39 is 11.8 Å². The Labute approximate surface area is 175 Å². The van der Waals surface area contributed by atoms with Gasteiger partial charge in [-0.2, -0.15) is 5.10 Å². The quantitative estimate of drug-likeness (QED) is 0.362. The fraction of sp³-hybridized carbons (Fsp3) is 0.125. The Morgan fingerprint density at radius 1 is 0.867 bits per heavy atom. The maximum atomic E-state index is 11.8. The van der Waals surface area contributed by atoms with Crippen LogP contribution >= 0.6 is 0 Å². The van der Waals surface area contributed by atoms with E-state index in [0.717, 1.165) is 22.4 Å². The third-order valence-corrected chi connectivity index (χ3v) is 4.29. The van der Waals surface area contributed by atoms with Gasteiger partial charge in [0, 0.05) is 6.54 Å². The highest BCUT2D eigenvalue weighted by Crippen LogP contribution is 2.14. The molecule has 0 aliphatic carbocycles. The number of nitrogens with zero attached hydrogens (tertiary/aromatic N) is 1. The summed E-state index contributed by atoms with van der Waals surface area (Å²) < 4.78 is 5.76. The first kappa shape index (κ1) is 20.8. The van der Waals surface area contributed by atoms with Gasteiger partial charge in [-0.15, -0.1) is 0 Å². The molecule has 0 saturated carbocycles. The van der Waals surface area contributed by atoms with Gasteiger partial charge in [0.05, 0.1) is 6.21 Å². The van der Waals surface area contributed by atoms with E-state index in [9.17, 15) is 9.59 Å². The van der Waals surface area contributed by atoms with Gasteiger partial charge < -0.3 is 10.1 Å². The first-order valence-electron chi connectivity index (χ1n) is 9.54. The first-order valence-corrected chi connectivity index (χ1v) is 9.54. The highest BCUT2D eigenvalue weighted by atomic mass is 16.5. The van der Waals surface area contributed by atoms with Crippen molar-refractivity contribution in [3.8, 4) is 5.75 Å². The number of carbonyl (C=O) groups excluding carboxylic acids is 2. The third kappa shape index (κ3) is 6.60. The minimum atomic E-state index is -0.819. The van der Waals surface area contributed by atoms with Crippen LogP contribution in [0.2, 0.25) is 0 Å². The van der Waals surface area contributed by atoms with E-state index in [2.05, 4.69) is 28.0 Å². The topological polar surface area (TPSA) is 79.8 Å². The molecule has 0 saturated heterocycles. The molecular weight excluding hydrogens is 378 g/mol. The summed E-state index contributed by atoms with van der Waals surface area (Å²) in [6.45, 7) is 2.81. The van der Waals surface area contributed by atoms with Gasteiger partial charge in [0.1, 0.15) is 12.4 Å². The van der Waals surface area contributed by atoms with Gasteiger partial charge in [-0.05, 0) is 47.9 Å². The lowest BCUT2D eigenvalue weighted by Crippen LogP contribution is -2.37. The Morgan fingerprint density at radius 3 is 2.27 bits per heavy atom. The van der Waals surface area contributed by atoms with Crippen molar-refractivity contribution < 1.29 is 14.3 Å². The van der Waals surface area contributed by atoms with E-state index >= 15 is 0 Å². The number of ether oxygens (including phenoxy) is 1. The molecule has 152 valence electrons. The first-order chi connectivity index (χ1) is 14.6. The minimum Gasteiger partial charge on any atom is -0.489 e. The number of nitrogens with one attached hydrogen (secondary N) is 2. The molecule has 0 aliphatic rings. The zero-order valence-corrected chi connectivity index (χ0v) is 16.7. The van der Waals surface area contributed by atoms with Crippen LogP contribution in [0.3, 0.4) is 0 Å². The number of aryl methyl sites for hydroxylation is 1. The van der Waals surface area contributed by atoms with Crippen LogP contribution in [0.25, 0.3) is 0 Å². The van der Waals surface area contributed by atoms with Gasteiger partial charge in [-0.25, -0.2) is 5.43 Å². The monoisotopic (exact) mass is 401 g/mol. The maximum Gasteiger partial charge on any atom is 0.329 e. The lowest BCUT2D eigenvalue weighted by atomic mass is 10.2. The molecule has 2 amide bonds. The summed E-state index contributed by atoms with van der Waals surface area (Å²) in [5.41, 5.74) is 6.20. The zero-order valence-electron chi connectivity index (χ0n) is 16.7. The average Bonchev–Trinajstić information content (AvgIpc) is 2.78. The van der Waals surface area contributed by atoms with E-state index in [0.29, 0.717) is 6.61 Å². The Balaban J connectivity index is 1.42. The van der Waals surface area contributed by atoms with Crippen molar-refractivity contribution in [1.82, 2.24) is 10.7 Å². The van der Waals surface area contributed by atoms with Crippen molar-refractivity contribution in [1.29, 1.82) is 0 Å². The molecule has 3 aromatic carbocycles. The normalized spacial score (nSPS) is 10.6. The summed E-state index contributed by atoms with van der Waals surface area (Å²) >= 11 is 0. The maximum absolute atomic E-state index is 11.8.